The summed E-state index contributed by atoms with van der Waals surface area (Å²) in [6.45, 7) is 6.35. The summed E-state index contributed by atoms with van der Waals surface area (Å²) in [7, 11) is -2.56. The van der Waals surface area contributed by atoms with Gasteiger partial charge in [-0.25, -0.2) is 8.42 Å². The van der Waals surface area contributed by atoms with Crippen molar-refractivity contribution in [2.75, 3.05) is 38.2 Å². The molecule has 1 N–H and O–H groups in total. The van der Waals surface area contributed by atoms with Crippen LogP contribution < -0.4 is 0 Å². The second-order valence-corrected chi connectivity index (χ2v) is 5.50. The zero-order chi connectivity index (χ0) is 11.2. The van der Waals surface area contributed by atoms with E-state index in [0.717, 1.165) is 0 Å². The van der Waals surface area contributed by atoms with Crippen LogP contribution in [-0.2, 0) is 10.4 Å². The number of hydrogen-bond acceptors (Lipinski definition) is 4. The molecule has 0 atom stereocenters. The fourth-order valence-electron chi connectivity index (χ4n) is 1.10. The third kappa shape index (κ3) is 12.1. The zero-order valence-corrected chi connectivity index (χ0v) is 10.1. The summed E-state index contributed by atoms with van der Waals surface area (Å²) >= 11 is 2.10. The van der Waals surface area contributed by atoms with Gasteiger partial charge in [-0.3, -0.25) is 4.55 Å². The molecule has 7 heteroatoms. The lowest BCUT2D eigenvalue weighted by Crippen LogP contribution is -2.49. The highest BCUT2D eigenvalue weighted by Gasteiger charge is 2.21. The quantitative estimate of drug-likeness (QED) is 0.429. The molecule has 1 saturated heterocycles. The first-order valence-corrected chi connectivity index (χ1v) is 6.88. The third-order valence-electron chi connectivity index (χ3n) is 2.31. The van der Waals surface area contributed by atoms with Crippen molar-refractivity contribution in [3.8, 4) is 0 Å². The van der Waals surface area contributed by atoms with E-state index in [1.54, 1.807) is 0 Å². The van der Waals surface area contributed by atoms with Crippen LogP contribution in [-0.4, -0.2) is 60.2 Å². The molecule has 0 saturated carbocycles. The van der Waals surface area contributed by atoms with Crippen LogP contribution in [0.25, 0.3) is 0 Å². The summed E-state index contributed by atoms with van der Waals surface area (Å²) in [4.78, 5) is 0. The van der Waals surface area contributed by atoms with E-state index < -0.39 is 10.4 Å². The first kappa shape index (κ1) is 17.6. The first-order chi connectivity index (χ1) is 6.27. The van der Waals surface area contributed by atoms with Gasteiger partial charge < -0.3 is 9.04 Å². The standard InChI is InChI=1S/C7H16NS.CH4.H2O4S/c1-3-8(2)4-6-9-7-5-8;;1-5(2,3)4/h3-7H2,1-2H3;1H4;(H2,1,2,3,4)/q+1;;/p-1. The van der Waals surface area contributed by atoms with Gasteiger partial charge in [0.05, 0.1) is 26.7 Å². The summed E-state index contributed by atoms with van der Waals surface area (Å²) in [6, 6.07) is 0. The molecule has 1 fully saturated rings. The Labute approximate surface area is 97.0 Å². The summed E-state index contributed by atoms with van der Waals surface area (Å²) in [5.41, 5.74) is 0. The Morgan fingerprint density at radius 1 is 1.40 bits per heavy atom. The van der Waals surface area contributed by atoms with Crippen molar-refractivity contribution in [3.63, 3.8) is 0 Å². The van der Waals surface area contributed by atoms with E-state index in [4.69, 9.17) is 17.5 Å². The normalized spacial score (nSPS) is 19.5. The summed E-state index contributed by atoms with van der Waals surface area (Å²) < 4.78 is 34.1. The molecule has 0 aromatic carbocycles. The van der Waals surface area contributed by atoms with Crippen LogP contribution in [0.4, 0.5) is 0 Å². The molecule has 0 aromatic heterocycles. The predicted molar refractivity (Wildman–Crippen MR) is 62.8 cm³/mol. The van der Waals surface area contributed by atoms with Crippen molar-refractivity contribution >= 4 is 22.2 Å². The largest absolute Gasteiger partial charge is 0.726 e. The van der Waals surface area contributed by atoms with Crippen molar-refractivity contribution in [3.05, 3.63) is 0 Å². The maximum Gasteiger partial charge on any atom is 0.215 e. The Kier molecular flexibility index (Phi) is 8.73. The van der Waals surface area contributed by atoms with Crippen LogP contribution in [0, 0.1) is 0 Å². The number of hydrogen-bond donors (Lipinski definition) is 1. The number of quaternary nitrogens is 1. The topological polar surface area (TPSA) is 77.4 Å². The molecule has 5 nitrogen and oxygen atoms in total. The molecule has 1 aliphatic heterocycles. The highest BCUT2D eigenvalue weighted by Crippen LogP contribution is 2.14. The van der Waals surface area contributed by atoms with Crippen molar-refractivity contribution in [1.82, 2.24) is 0 Å². The van der Waals surface area contributed by atoms with Gasteiger partial charge in [0, 0.05) is 11.5 Å². The van der Waals surface area contributed by atoms with Gasteiger partial charge in [0.25, 0.3) is 0 Å². The van der Waals surface area contributed by atoms with Gasteiger partial charge in [-0.2, -0.15) is 11.8 Å². The Balaban J connectivity index is 0. The van der Waals surface area contributed by atoms with E-state index in [1.165, 1.54) is 35.6 Å². The average Bonchev–Trinajstić information content (AvgIpc) is 2.03. The molecule has 1 heterocycles. The second kappa shape index (κ2) is 7.45. The fourth-order valence-corrected chi connectivity index (χ4v) is 2.44. The highest BCUT2D eigenvalue weighted by atomic mass is 32.3. The molecule has 0 aromatic rings. The zero-order valence-electron chi connectivity index (χ0n) is 8.47. The molecule has 1 aliphatic rings. The number of thioether (sulfide) groups is 1. The van der Waals surface area contributed by atoms with Gasteiger partial charge in [0.1, 0.15) is 0 Å². The molecular formula is C8H21NO4S2. The second-order valence-electron chi connectivity index (χ2n) is 3.42. The number of rotatable bonds is 1. The van der Waals surface area contributed by atoms with Crippen LogP contribution in [0.5, 0.6) is 0 Å². The Hall–Kier alpha value is 0.180. The van der Waals surface area contributed by atoms with Crippen LogP contribution in [0.3, 0.4) is 0 Å². The first-order valence-electron chi connectivity index (χ1n) is 4.36. The van der Waals surface area contributed by atoms with Crippen molar-refractivity contribution in [2.45, 2.75) is 14.4 Å². The van der Waals surface area contributed by atoms with E-state index in [2.05, 4.69) is 25.7 Å². The average molecular weight is 259 g/mol. The van der Waals surface area contributed by atoms with Crippen molar-refractivity contribution < 1.29 is 22.0 Å². The summed E-state index contributed by atoms with van der Waals surface area (Å²) in [5, 5.41) is 0. The molecular weight excluding hydrogens is 238 g/mol. The van der Waals surface area contributed by atoms with E-state index in [1.807, 2.05) is 0 Å². The molecule has 94 valence electrons. The van der Waals surface area contributed by atoms with Gasteiger partial charge in [-0.15, -0.1) is 0 Å². The van der Waals surface area contributed by atoms with E-state index >= 15 is 0 Å². The van der Waals surface area contributed by atoms with Crippen LogP contribution in [0.15, 0.2) is 0 Å². The van der Waals surface area contributed by atoms with Gasteiger partial charge in [-0.1, -0.05) is 7.43 Å². The van der Waals surface area contributed by atoms with Gasteiger partial charge in [0.2, 0.25) is 10.4 Å². The van der Waals surface area contributed by atoms with Gasteiger partial charge in [0.15, 0.2) is 0 Å². The minimum absolute atomic E-state index is 0. The Bertz CT molecular complexity index is 239. The minimum atomic E-state index is -4.92. The smallest absolute Gasteiger partial charge is 0.215 e. The molecule has 0 radical (unpaired) electrons. The molecule has 0 amide bonds. The fraction of sp³-hybridized carbons (Fsp3) is 1.00. The third-order valence-corrected chi connectivity index (χ3v) is 3.26. The summed E-state index contributed by atoms with van der Waals surface area (Å²) in [6.07, 6.45) is 0. The Morgan fingerprint density at radius 2 is 1.73 bits per heavy atom. The van der Waals surface area contributed by atoms with Crippen LogP contribution in [0.2, 0.25) is 0 Å². The van der Waals surface area contributed by atoms with Crippen LogP contribution >= 0.6 is 11.8 Å². The van der Waals surface area contributed by atoms with E-state index in [-0.39, 0.29) is 7.43 Å². The van der Waals surface area contributed by atoms with Gasteiger partial charge in [-0.05, 0) is 6.92 Å². The number of nitrogens with zero attached hydrogens (tertiary/aromatic N) is 1. The van der Waals surface area contributed by atoms with Crippen LogP contribution in [0.1, 0.15) is 14.4 Å². The lowest BCUT2D eigenvalue weighted by Gasteiger charge is -2.36. The Morgan fingerprint density at radius 3 is 1.93 bits per heavy atom. The molecule has 0 bridgehead atoms. The molecule has 0 unspecified atom stereocenters. The highest BCUT2D eigenvalue weighted by molar-refractivity contribution is 7.99. The summed E-state index contributed by atoms with van der Waals surface area (Å²) in [5.74, 6) is 2.73. The predicted octanol–water partition coefficient (Wildman–Crippen LogP) is 0.840. The molecule has 1 rings (SSSR count). The lowest BCUT2D eigenvalue weighted by molar-refractivity contribution is -0.904. The van der Waals surface area contributed by atoms with Crippen molar-refractivity contribution in [1.29, 1.82) is 0 Å². The SMILES string of the molecule is C.CC[N+]1(C)CCSCC1.O=S(=O)([O-])O. The maximum absolute atomic E-state index is 8.63. The minimum Gasteiger partial charge on any atom is -0.726 e. The molecule has 0 aliphatic carbocycles. The van der Waals surface area contributed by atoms with E-state index in [9.17, 15) is 0 Å². The van der Waals surface area contributed by atoms with Crippen molar-refractivity contribution in [2.24, 2.45) is 0 Å². The maximum atomic E-state index is 8.63. The van der Waals surface area contributed by atoms with Gasteiger partial charge >= 0.3 is 0 Å². The van der Waals surface area contributed by atoms with E-state index in [0.29, 0.717) is 0 Å². The molecule has 0 spiro atoms. The monoisotopic (exact) mass is 259 g/mol. The molecule has 15 heavy (non-hydrogen) atoms. The lowest BCUT2D eigenvalue weighted by atomic mass is 10.4.